The summed E-state index contributed by atoms with van der Waals surface area (Å²) in [4.78, 5) is 57.9. The first-order valence-corrected chi connectivity index (χ1v) is 31.4. The van der Waals surface area contributed by atoms with Gasteiger partial charge in [-0.15, -0.1) is 6.58 Å². The van der Waals surface area contributed by atoms with Crippen LogP contribution in [0.1, 0.15) is 137 Å². The molecule has 2 saturated carbocycles. The second-order valence-corrected chi connectivity index (χ2v) is 22.1. The number of alkyl halides is 1. The van der Waals surface area contributed by atoms with E-state index < -0.39 is 0 Å². The predicted octanol–water partition coefficient (Wildman–Crippen LogP) is 11.1. The highest BCUT2D eigenvalue weighted by molar-refractivity contribution is 9.09. The first kappa shape index (κ1) is 69.4. The van der Waals surface area contributed by atoms with E-state index in [9.17, 15) is 24.0 Å². The van der Waals surface area contributed by atoms with Crippen LogP contribution in [-0.4, -0.2) is 114 Å². The molecule has 16 heteroatoms. The van der Waals surface area contributed by atoms with Crippen molar-refractivity contribution < 1.29 is 53.1 Å². The van der Waals surface area contributed by atoms with E-state index >= 15 is 0 Å². The van der Waals surface area contributed by atoms with Gasteiger partial charge in [-0.25, -0.2) is 0 Å². The molecule has 5 aromatic carbocycles. The summed E-state index contributed by atoms with van der Waals surface area (Å²) in [6.45, 7) is 7.24. The minimum Gasteiger partial charge on any atom is -0.464 e. The zero-order chi connectivity index (χ0) is 60.9. The Morgan fingerprint density at radius 3 is 1.91 bits per heavy atom. The summed E-state index contributed by atoms with van der Waals surface area (Å²) in [5.41, 5.74) is 10.2. The van der Waals surface area contributed by atoms with E-state index in [0.717, 1.165) is 55.9 Å². The molecule has 11 rings (SSSR count). The van der Waals surface area contributed by atoms with Gasteiger partial charge in [-0.05, 0) is 111 Å². The number of aliphatic hydroxyl groups is 2. The fraction of sp³-hybridized carbons (Fsp3) is 0.464. The third-order valence-corrected chi connectivity index (χ3v) is 16.0. The van der Waals surface area contributed by atoms with Gasteiger partial charge in [0, 0.05) is 31.5 Å². The van der Waals surface area contributed by atoms with Gasteiger partial charge >= 0.3 is 23.9 Å². The number of para-hydroxylation sites is 1. The number of carbonyl (C=O) groups excluding carboxylic acids is 5. The number of benzene rings is 5. The van der Waals surface area contributed by atoms with Crippen molar-refractivity contribution in [3.8, 4) is 5.75 Å². The number of hydrogen-bond donors (Lipinski definition) is 5. The first-order valence-electron chi connectivity index (χ1n) is 30.3. The molecule has 4 aliphatic heterocycles. The Hall–Kier alpha value is -6.37. The summed E-state index contributed by atoms with van der Waals surface area (Å²) < 4.78 is 20.7. The first-order chi connectivity index (χ1) is 41.5. The second-order valence-electron chi connectivity index (χ2n) is 21.6. The Morgan fingerprint density at radius 1 is 0.741 bits per heavy atom. The Bertz CT molecular complexity index is 2600. The number of esters is 4. The van der Waals surface area contributed by atoms with E-state index in [1.807, 2.05) is 109 Å². The molecule has 6 aliphatic rings. The Kier molecular flexibility index (Phi) is 33.4. The van der Waals surface area contributed by atoms with Gasteiger partial charge in [0.05, 0.1) is 37.9 Å². The number of halogens is 1. The third-order valence-electron chi connectivity index (χ3n) is 15.6. The lowest BCUT2D eigenvalue weighted by molar-refractivity contribution is -0.162. The molecular formula is C69H91BrN4O11. The van der Waals surface area contributed by atoms with Gasteiger partial charge in [-0.2, -0.15) is 0 Å². The highest BCUT2D eigenvalue weighted by Gasteiger charge is 2.51. The molecular weight excluding hydrogens is 1140 g/mol. The van der Waals surface area contributed by atoms with Crippen LogP contribution in [-0.2, 0) is 44.6 Å². The molecule has 0 bridgehead atoms. The van der Waals surface area contributed by atoms with Crippen LogP contribution >= 0.6 is 15.9 Å². The molecule has 15 nitrogen and oxygen atoms in total. The van der Waals surface area contributed by atoms with Gasteiger partial charge in [0.25, 0.3) is 0 Å². The third kappa shape index (κ3) is 24.9. The molecule has 0 amide bonds. The van der Waals surface area contributed by atoms with Crippen LogP contribution in [0.2, 0.25) is 0 Å². The van der Waals surface area contributed by atoms with Crippen molar-refractivity contribution in [2.24, 2.45) is 17.6 Å². The van der Waals surface area contributed by atoms with E-state index in [-0.39, 0.29) is 72.6 Å². The fourth-order valence-corrected chi connectivity index (χ4v) is 11.4. The minimum absolute atomic E-state index is 0.00190. The summed E-state index contributed by atoms with van der Waals surface area (Å²) in [6, 6.07) is 50.4. The average molecular weight is 1230 g/mol. The van der Waals surface area contributed by atoms with Gasteiger partial charge in [-0.1, -0.05) is 187 Å². The van der Waals surface area contributed by atoms with Crippen LogP contribution in [0.25, 0.3) is 0 Å². The van der Waals surface area contributed by atoms with Crippen molar-refractivity contribution in [1.29, 1.82) is 0 Å². The summed E-state index contributed by atoms with van der Waals surface area (Å²) in [7, 11) is 0. The zero-order valence-corrected chi connectivity index (χ0v) is 51.1. The highest BCUT2D eigenvalue weighted by Crippen LogP contribution is 2.46. The largest absolute Gasteiger partial charge is 0.464 e. The van der Waals surface area contributed by atoms with Crippen molar-refractivity contribution in [2.75, 3.05) is 44.9 Å². The summed E-state index contributed by atoms with van der Waals surface area (Å²) in [5, 5.41) is 23.0. The minimum atomic E-state index is -0.281. The topological polar surface area (TPSA) is 216 Å². The number of aldehydes is 1. The molecule has 2 aliphatic carbocycles. The van der Waals surface area contributed by atoms with Crippen LogP contribution in [0.4, 0.5) is 0 Å². The normalized spacial score (nSPS) is 22.7. The molecule has 85 heavy (non-hydrogen) atoms. The van der Waals surface area contributed by atoms with Crippen LogP contribution < -0.4 is 21.1 Å². The summed E-state index contributed by atoms with van der Waals surface area (Å²) >= 11 is 3.00. The highest BCUT2D eigenvalue weighted by atomic mass is 79.9. The number of unbranched alkanes of at least 4 members (excludes halogenated alkanes) is 3. The number of cyclic esters (lactones) is 2. The Labute approximate surface area is 512 Å². The van der Waals surface area contributed by atoms with Crippen molar-refractivity contribution in [3.63, 3.8) is 0 Å². The van der Waals surface area contributed by atoms with Gasteiger partial charge in [0.2, 0.25) is 0 Å². The molecule has 4 saturated heterocycles. The van der Waals surface area contributed by atoms with Crippen molar-refractivity contribution in [1.82, 2.24) is 15.5 Å². The number of fused-ring (bicyclic) bond motifs is 4. The average Bonchev–Trinajstić information content (AvgIpc) is 4.04. The molecule has 4 heterocycles. The molecule has 0 radical (unpaired) electrons. The van der Waals surface area contributed by atoms with E-state index in [1.165, 1.54) is 62.5 Å². The van der Waals surface area contributed by atoms with Gasteiger partial charge in [0.15, 0.2) is 0 Å². The SMILES string of the molecule is C=CCCCCC=O.CCO.NC(CO)c1ccccc1.O=C(CBr)Oc1ccccc1.O=C(OCCc1ccccc1)C1CC2CCCCC2N1.O=C1CNC(c2ccccc2)CO1.O=C1OCC(c2ccccc2)N2C1CC1CCCCC12. The van der Waals surface area contributed by atoms with Crippen molar-refractivity contribution in [2.45, 2.75) is 146 Å². The molecule has 6 N–H and O–H groups in total. The van der Waals surface area contributed by atoms with Crippen LogP contribution in [0.3, 0.4) is 0 Å². The van der Waals surface area contributed by atoms with E-state index in [0.29, 0.717) is 62.5 Å². The number of hydrogen-bond acceptors (Lipinski definition) is 15. The summed E-state index contributed by atoms with van der Waals surface area (Å²) in [6.07, 6.45) is 19.7. The molecule has 5 aromatic rings. The van der Waals surface area contributed by atoms with E-state index in [1.54, 1.807) is 19.1 Å². The van der Waals surface area contributed by atoms with Crippen LogP contribution in [0, 0.1) is 11.8 Å². The summed E-state index contributed by atoms with van der Waals surface area (Å²) in [5.74, 6) is 1.46. The number of aliphatic hydroxyl groups excluding tert-OH is 2. The van der Waals surface area contributed by atoms with Gasteiger partial charge in [-0.3, -0.25) is 29.4 Å². The molecule has 0 spiro atoms. The molecule has 0 aromatic heterocycles. The van der Waals surface area contributed by atoms with Gasteiger partial charge < -0.3 is 45.0 Å². The number of nitrogens with two attached hydrogens (primary N) is 1. The number of rotatable bonds is 15. The maximum atomic E-state index is 12.1. The monoisotopic (exact) mass is 1230 g/mol. The van der Waals surface area contributed by atoms with Crippen molar-refractivity contribution in [3.05, 3.63) is 187 Å². The Morgan fingerprint density at radius 2 is 1.32 bits per heavy atom. The Balaban J connectivity index is 0.000000190. The molecule has 460 valence electrons. The second kappa shape index (κ2) is 40.9. The van der Waals surface area contributed by atoms with E-state index in [2.05, 4.69) is 74.4 Å². The number of ether oxygens (including phenoxy) is 4. The zero-order valence-electron chi connectivity index (χ0n) is 49.5. The molecule has 9 atom stereocenters. The van der Waals surface area contributed by atoms with E-state index in [4.69, 9.17) is 34.9 Å². The number of morpholine rings is 2. The maximum Gasteiger partial charge on any atom is 0.323 e. The number of carbonyl (C=O) groups is 5. The molecule has 6 fully saturated rings. The lowest BCUT2D eigenvalue weighted by atomic mass is 9.84. The van der Waals surface area contributed by atoms with Gasteiger partial charge in [0.1, 0.15) is 42.7 Å². The lowest BCUT2D eigenvalue weighted by Crippen LogP contribution is -2.50. The smallest absolute Gasteiger partial charge is 0.323 e. The number of nitrogens with zero attached hydrogens (tertiary/aromatic N) is 1. The lowest BCUT2D eigenvalue weighted by Gasteiger charge is -2.41. The fourth-order valence-electron chi connectivity index (χ4n) is 11.3. The predicted molar refractivity (Wildman–Crippen MR) is 336 cm³/mol. The number of allylic oxidation sites excluding steroid dienone is 1. The van der Waals surface area contributed by atoms with Crippen LogP contribution in [0.15, 0.2) is 164 Å². The quantitative estimate of drug-likeness (QED) is 0.0125. The maximum absolute atomic E-state index is 12.1. The molecule has 9 unspecified atom stereocenters. The van der Waals surface area contributed by atoms with Crippen LogP contribution in [0.5, 0.6) is 5.75 Å². The van der Waals surface area contributed by atoms with Crippen molar-refractivity contribution >= 4 is 46.1 Å². The number of nitrogens with one attached hydrogen (secondary N) is 2. The standard InChI is InChI=1S/C17H21NO2.C17H23NO2.C10H11NO2.C8H7BrO2.C8H11NO.C7H12O.C2H6O/c19-17-15-10-13-8-4-5-9-14(13)18(15)16(11-20-17)12-6-2-1-3-7-12;19-17(20-11-10-13-6-2-1-3-7-13)16-12-14-8-4-5-9-15(14)18-16;12-10-6-11-9(7-13-10)8-4-2-1-3-5-8;9-6-8(10)11-7-4-2-1-3-5-7;9-8(6-10)7-4-2-1-3-5-7;1-2-3-4-5-6-7-8;1-2-3/h1-3,6-7,13-16H,4-5,8-11H2;1-3,6-7,14-16,18H,4-5,8-12H2;1-5,9,11H,6-7H2;1-5H,6H2;1-5,8,10H,6,9H2;2,7H,1,3-6H2;3H,2H2,1H3.